The van der Waals surface area contributed by atoms with Crippen molar-refractivity contribution in [1.29, 1.82) is 5.26 Å². The van der Waals surface area contributed by atoms with E-state index in [0.29, 0.717) is 0 Å². The Labute approximate surface area is 185 Å². The highest BCUT2D eigenvalue weighted by molar-refractivity contribution is 7.18. The minimum absolute atomic E-state index is 0.0355. The minimum Gasteiger partial charge on any atom is -0.394 e. The molecule has 1 N–H and O–H groups in total. The monoisotopic (exact) mass is 423 g/mol. The van der Waals surface area contributed by atoms with Gasteiger partial charge in [0.2, 0.25) is 0 Å². The van der Waals surface area contributed by atoms with Gasteiger partial charge >= 0.3 is 0 Å². The largest absolute Gasteiger partial charge is 0.394 e. The molecule has 0 radical (unpaired) electrons. The van der Waals surface area contributed by atoms with Gasteiger partial charge in [-0.3, -0.25) is 0 Å². The molecule has 1 fully saturated rings. The molecule has 4 aromatic rings. The first-order valence-corrected chi connectivity index (χ1v) is 11.1. The van der Waals surface area contributed by atoms with E-state index < -0.39 is 0 Å². The molecular weight excluding hydrogens is 402 g/mol. The van der Waals surface area contributed by atoms with Crippen molar-refractivity contribution >= 4 is 16.5 Å². The number of anilines is 1. The number of nitrogens with zero attached hydrogens (tertiary/aromatic N) is 3. The van der Waals surface area contributed by atoms with Crippen LogP contribution in [0.15, 0.2) is 91.1 Å². The van der Waals surface area contributed by atoms with Crippen molar-refractivity contribution in [2.75, 3.05) is 11.5 Å². The molecule has 5 heteroatoms. The summed E-state index contributed by atoms with van der Waals surface area (Å²) >= 11 is 1.56. The zero-order valence-corrected chi connectivity index (χ0v) is 17.6. The number of aliphatic hydroxyl groups is 1. The summed E-state index contributed by atoms with van der Waals surface area (Å²) in [6.07, 6.45) is 1.85. The molecule has 0 unspecified atom stereocenters. The fourth-order valence-corrected chi connectivity index (χ4v) is 5.45. The van der Waals surface area contributed by atoms with Crippen LogP contribution in [0.5, 0.6) is 0 Å². The van der Waals surface area contributed by atoms with Gasteiger partial charge in [-0.2, -0.15) is 5.26 Å². The van der Waals surface area contributed by atoms with E-state index in [1.54, 1.807) is 11.3 Å². The Morgan fingerprint density at radius 2 is 1.55 bits per heavy atom. The van der Waals surface area contributed by atoms with Gasteiger partial charge in [-0.25, -0.2) is 4.98 Å². The second-order valence-electron chi connectivity index (χ2n) is 7.58. The Kier molecular flexibility index (Phi) is 5.25. The number of hydrogen-bond acceptors (Lipinski definition) is 5. The first kappa shape index (κ1) is 19.5. The summed E-state index contributed by atoms with van der Waals surface area (Å²) in [7, 11) is 0. The predicted molar refractivity (Wildman–Crippen MR) is 125 cm³/mol. The van der Waals surface area contributed by atoms with Crippen LogP contribution in [0.4, 0.5) is 5.13 Å². The maximum Gasteiger partial charge on any atom is 0.187 e. The Morgan fingerprint density at radius 3 is 2.23 bits per heavy atom. The molecule has 152 valence electrons. The van der Waals surface area contributed by atoms with Crippen LogP contribution in [-0.4, -0.2) is 28.8 Å². The standard InChI is InChI=1S/C26H21N3OS/c27-15-22-25(21-14-8-7-13-20(21)18-9-3-1-4-10-18)23(17-30)29(22)26-28-16-24(31-26)19-11-5-2-6-12-19/h1-14,16,22-23,25,30H,17H2/t22-,23+,25+/m0/s1. The van der Waals surface area contributed by atoms with Gasteiger partial charge in [-0.05, 0) is 22.3 Å². The van der Waals surface area contributed by atoms with Crippen LogP contribution in [0, 0.1) is 11.3 Å². The highest BCUT2D eigenvalue weighted by Crippen LogP contribution is 2.47. The summed E-state index contributed by atoms with van der Waals surface area (Å²) in [5.41, 5.74) is 4.42. The third-order valence-corrected chi connectivity index (χ3v) is 6.97. The number of rotatable bonds is 5. The average Bonchev–Trinajstić information content (AvgIpc) is 3.30. The Balaban J connectivity index is 1.50. The van der Waals surface area contributed by atoms with E-state index in [0.717, 1.165) is 32.3 Å². The summed E-state index contributed by atoms with van der Waals surface area (Å²) in [5, 5.41) is 21.1. The lowest BCUT2D eigenvalue weighted by Crippen LogP contribution is -2.63. The zero-order valence-electron chi connectivity index (χ0n) is 16.8. The smallest absolute Gasteiger partial charge is 0.187 e. The molecular formula is C26H21N3OS. The fourth-order valence-electron chi connectivity index (χ4n) is 4.43. The van der Waals surface area contributed by atoms with E-state index in [-0.39, 0.29) is 24.6 Å². The number of benzene rings is 3. The van der Waals surface area contributed by atoms with Crippen LogP contribution in [0.1, 0.15) is 11.5 Å². The Morgan fingerprint density at radius 1 is 0.903 bits per heavy atom. The summed E-state index contributed by atoms with van der Waals surface area (Å²) < 4.78 is 0. The van der Waals surface area contributed by atoms with Gasteiger partial charge < -0.3 is 10.0 Å². The molecule has 3 atom stereocenters. The molecule has 4 nitrogen and oxygen atoms in total. The predicted octanol–water partition coefficient (Wildman–Crippen LogP) is 5.33. The first-order valence-electron chi connectivity index (χ1n) is 10.3. The fraction of sp³-hybridized carbons (Fsp3) is 0.154. The molecule has 2 heterocycles. The van der Waals surface area contributed by atoms with Gasteiger partial charge in [0.05, 0.1) is 23.6 Å². The van der Waals surface area contributed by atoms with E-state index in [4.69, 9.17) is 0 Å². The first-order chi connectivity index (χ1) is 15.3. The van der Waals surface area contributed by atoms with Gasteiger partial charge in [0.1, 0.15) is 6.04 Å². The van der Waals surface area contributed by atoms with Crippen molar-refractivity contribution < 1.29 is 5.11 Å². The van der Waals surface area contributed by atoms with Gasteiger partial charge in [0.25, 0.3) is 0 Å². The molecule has 0 amide bonds. The van der Waals surface area contributed by atoms with Crippen molar-refractivity contribution in [3.05, 3.63) is 96.7 Å². The van der Waals surface area contributed by atoms with Gasteiger partial charge in [-0.1, -0.05) is 96.3 Å². The number of nitriles is 1. The minimum atomic E-state index is -0.378. The summed E-state index contributed by atoms with van der Waals surface area (Å²) in [4.78, 5) is 7.63. The average molecular weight is 424 g/mol. The molecule has 1 saturated heterocycles. The van der Waals surface area contributed by atoms with E-state index in [1.165, 1.54) is 0 Å². The zero-order chi connectivity index (χ0) is 21.2. The topological polar surface area (TPSA) is 60.1 Å². The summed E-state index contributed by atoms with van der Waals surface area (Å²) in [5.74, 6) is -0.0875. The molecule has 3 aromatic carbocycles. The lowest BCUT2D eigenvalue weighted by atomic mass is 9.74. The maximum atomic E-state index is 10.3. The molecule has 0 bridgehead atoms. The second kappa shape index (κ2) is 8.35. The van der Waals surface area contributed by atoms with Crippen LogP contribution in [-0.2, 0) is 0 Å². The Hall–Kier alpha value is -3.46. The van der Waals surface area contributed by atoms with E-state index in [9.17, 15) is 10.4 Å². The number of aromatic nitrogens is 1. The second-order valence-corrected chi connectivity index (χ2v) is 8.59. The summed E-state index contributed by atoms with van der Waals surface area (Å²) in [6, 6.07) is 30.4. The summed E-state index contributed by atoms with van der Waals surface area (Å²) in [6.45, 7) is -0.0355. The van der Waals surface area contributed by atoms with E-state index in [2.05, 4.69) is 47.5 Å². The SMILES string of the molecule is N#C[C@H]1[C@@H](c2ccccc2-c2ccccc2)[C@@H](CO)N1c1ncc(-c2ccccc2)s1. The molecule has 1 aliphatic rings. The van der Waals surface area contributed by atoms with Crippen LogP contribution >= 0.6 is 11.3 Å². The van der Waals surface area contributed by atoms with Crippen LogP contribution in [0.3, 0.4) is 0 Å². The van der Waals surface area contributed by atoms with Crippen LogP contribution in [0.25, 0.3) is 21.6 Å². The number of aliphatic hydroxyl groups excluding tert-OH is 1. The van der Waals surface area contributed by atoms with Gasteiger partial charge in [-0.15, -0.1) is 0 Å². The van der Waals surface area contributed by atoms with Crippen molar-refractivity contribution in [1.82, 2.24) is 4.98 Å². The van der Waals surface area contributed by atoms with Crippen molar-refractivity contribution in [3.8, 4) is 27.6 Å². The van der Waals surface area contributed by atoms with E-state index in [1.807, 2.05) is 59.6 Å². The molecule has 0 aliphatic carbocycles. The lowest BCUT2D eigenvalue weighted by molar-refractivity contribution is 0.188. The van der Waals surface area contributed by atoms with Crippen LogP contribution in [0.2, 0.25) is 0 Å². The molecule has 31 heavy (non-hydrogen) atoms. The number of thiazole rings is 1. The van der Waals surface area contributed by atoms with Crippen molar-refractivity contribution in [3.63, 3.8) is 0 Å². The molecule has 1 aromatic heterocycles. The third kappa shape index (κ3) is 3.40. The normalized spacial score (nSPS) is 20.1. The Bertz CT molecular complexity index is 1220. The van der Waals surface area contributed by atoms with Crippen molar-refractivity contribution in [2.24, 2.45) is 0 Å². The van der Waals surface area contributed by atoms with E-state index >= 15 is 0 Å². The van der Waals surface area contributed by atoms with Crippen LogP contribution < -0.4 is 4.90 Å². The highest BCUT2D eigenvalue weighted by atomic mass is 32.1. The molecule has 1 aliphatic heterocycles. The van der Waals surface area contributed by atoms with Gasteiger partial charge in [0, 0.05) is 12.1 Å². The number of hydrogen-bond donors (Lipinski definition) is 1. The lowest BCUT2D eigenvalue weighted by Gasteiger charge is -2.52. The highest BCUT2D eigenvalue weighted by Gasteiger charge is 2.51. The van der Waals surface area contributed by atoms with Crippen molar-refractivity contribution in [2.45, 2.75) is 18.0 Å². The van der Waals surface area contributed by atoms with Gasteiger partial charge in [0.15, 0.2) is 5.13 Å². The maximum absolute atomic E-state index is 10.3. The molecule has 0 spiro atoms. The molecule has 0 saturated carbocycles. The third-order valence-electron chi connectivity index (χ3n) is 5.91. The quantitative estimate of drug-likeness (QED) is 0.471. The molecule has 5 rings (SSSR count).